The van der Waals surface area contributed by atoms with Crippen molar-refractivity contribution < 1.29 is 13.2 Å². The fourth-order valence-corrected chi connectivity index (χ4v) is 5.41. The van der Waals surface area contributed by atoms with E-state index < -0.39 is 12.1 Å². The van der Waals surface area contributed by atoms with Gasteiger partial charge in [0.05, 0.1) is 5.92 Å². The average Bonchev–Trinajstić information content (AvgIpc) is 2.46. The van der Waals surface area contributed by atoms with E-state index >= 15 is 0 Å². The Hall–Kier alpha value is -0.210. The molecule has 0 aromatic carbocycles. The van der Waals surface area contributed by atoms with E-state index in [1.54, 1.807) is 0 Å². The summed E-state index contributed by atoms with van der Waals surface area (Å²) in [5.74, 6) is 2.54. The molecular weight excluding hydrogens is 273 g/mol. The minimum Gasteiger partial charge on any atom is -0.171 e. The summed E-state index contributed by atoms with van der Waals surface area (Å²) in [4.78, 5) is 0. The summed E-state index contributed by atoms with van der Waals surface area (Å²) in [5.41, 5.74) is 0. The monoisotopic (exact) mass is 302 g/mol. The summed E-state index contributed by atoms with van der Waals surface area (Å²) in [6.45, 7) is 2.35. The van der Waals surface area contributed by atoms with Crippen LogP contribution in [0.5, 0.6) is 0 Å². The van der Waals surface area contributed by atoms with Crippen LogP contribution in [0.25, 0.3) is 0 Å². The van der Waals surface area contributed by atoms with Crippen LogP contribution < -0.4 is 0 Å². The zero-order chi connectivity index (χ0) is 15.0. The molecule has 0 bridgehead atoms. The van der Waals surface area contributed by atoms with Gasteiger partial charge in [0.2, 0.25) is 0 Å². The molecule has 3 aliphatic rings. The van der Waals surface area contributed by atoms with Gasteiger partial charge in [-0.15, -0.1) is 0 Å². The van der Waals surface area contributed by atoms with Gasteiger partial charge in [-0.1, -0.05) is 19.8 Å². The van der Waals surface area contributed by atoms with Crippen LogP contribution in [0.1, 0.15) is 71.1 Å². The van der Waals surface area contributed by atoms with Crippen molar-refractivity contribution in [3.05, 3.63) is 0 Å². The largest absolute Gasteiger partial charge is 0.391 e. The van der Waals surface area contributed by atoms with E-state index in [1.807, 2.05) is 0 Å². The molecule has 0 spiro atoms. The van der Waals surface area contributed by atoms with Crippen LogP contribution in [0.4, 0.5) is 13.2 Å². The smallest absolute Gasteiger partial charge is 0.171 e. The lowest BCUT2D eigenvalue weighted by Gasteiger charge is -2.45. The average molecular weight is 302 g/mol. The zero-order valence-corrected chi connectivity index (χ0v) is 13.2. The summed E-state index contributed by atoms with van der Waals surface area (Å²) in [5, 5.41) is 0. The van der Waals surface area contributed by atoms with Crippen LogP contribution in [0, 0.1) is 35.5 Å². The molecule has 0 N–H and O–H groups in total. The number of rotatable bonds is 1. The van der Waals surface area contributed by atoms with E-state index in [-0.39, 0.29) is 0 Å². The Morgan fingerprint density at radius 2 is 1.10 bits per heavy atom. The molecule has 122 valence electrons. The van der Waals surface area contributed by atoms with Crippen LogP contribution in [-0.2, 0) is 0 Å². The number of alkyl halides is 3. The molecule has 3 saturated carbocycles. The van der Waals surface area contributed by atoms with Crippen molar-refractivity contribution in [2.24, 2.45) is 35.5 Å². The van der Waals surface area contributed by atoms with Gasteiger partial charge in [-0.05, 0) is 81.0 Å². The molecule has 0 aromatic heterocycles. The van der Waals surface area contributed by atoms with Crippen LogP contribution in [0.3, 0.4) is 0 Å². The second-order valence-corrected chi connectivity index (χ2v) is 8.16. The van der Waals surface area contributed by atoms with Gasteiger partial charge >= 0.3 is 6.18 Å². The molecule has 4 unspecified atom stereocenters. The number of hydrogen-bond acceptors (Lipinski definition) is 0. The summed E-state index contributed by atoms with van der Waals surface area (Å²) in [6.07, 6.45) is 6.64. The maximum Gasteiger partial charge on any atom is 0.391 e. The third kappa shape index (κ3) is 3.59. The summed E-state index contributed by atoms with van der Waals surface area (Å²) in [6, 6.07) is 0. The minimum absolute atomic E-state index is 0.365. The van der Waals surface area contributed by atoms with Gasteiger partial charge in [0.15, 0.2) is 0 Å². The van der Waals surface area contributed by atoms with Gasteiger partial charge in [-0.3, -0.25) is 0 Å². The van der Waals surface area contributed by atoms with Crippen molar-refractivity contribution in [3.63, 3.8) is 0 Å². The van der Waals surface area contributed by atoms with Crippen molar-refractivity contribution in [1.82, 2.24) is 0 Å². The molecule has 0 aromatic rings. The Bertz CT molecular complexity index is 341. The van der Waals surface area contributed by atoms with E-state index in [0.717, 1.165) is 30.6 Å². The Kier molecular flexibility index (Phi) is 4.57. The molecule has 0 nitrogen and oxygen atoms in total. The van der Waals surface area contributed by atoms with Crippen LogP contribution in [0.15, 0.2) is 0 Å². The predicted octanol–water partition coefficient (Wildman–Crippen LogP) is 6.21. The highest BCUT2D eigenvalue weighted by molar-refractivity contribution is 4.90. The highest BCUT2D eigenvalue weighted by atomic mass is 19.4. The molecule has 21 heavy (non-hydrogen) atoms. The van der Waals surface area contributed by atoms with Gasteiger partial charge in [-0.2, -0.15) is 13.2 Å². The Balaban J connectivity index is 1.53. The normalized spacial score (nSPS) is 45.1. The van der Waals surface area contributed by atoms with Gasteiger partial charge in [0, 0.05) is 0 Å². The van der Waals surface area contributed by atoms with Crippen LogP contribution in [0.2, 0.25) is 0 Å². The highest BCUT2D eigenvalue weighted by Gasteiger charge is 2.46. The fourth-order valence-electron chi connectivity index (χ4n) is 5.41. The van der Waals surface area contributed by atoms with E-state index in [2.05, 4.69) is 6.92 Å². The van der Waals surface area contributed by atoms with E-state index in [4.69, 9.17) is 0 Å². The zero-order valence-electron chi connectivity index (χ0n) is 13.2. The lowest BCUT2D eigenvalue weighted by atomic mass is 9.61. The second kappa shape index (κ2) is 6.12. The van der Waals surface area contributed by atoms with E-state index in [9.17, 15) is 13.2 Å². The molecule has 0 amide bonds. The molecule has 0 saturated heterocycles. The van der Waals surface area contributed by atoms with Crippen LogP contribution in [-0.4, -0.2) is 6.18 Å². The molecule has 3 fully saturated rings. The van der Waals surface area contributed by atoms with E-state index in [1.165, 1.54) is 38.5 Å². The minimum atomic E-state index is -3.96. The summed E-state index contributed by atoms with van der Waals surface area (Å²) >= 11 is 0. The first kappa shape index (κ1) is 15.7. The second-order valence-electron chi connectivity index (χ2n) is 8.16. The molecule has 3 rings (SSSR count). The molecule has 0 heterocycles. The van der Waals surface area contributed by atoms with Crippen molar-refractivity contribution in [3.8, 4) is 0 Å². The van der Waals surface area contributed by atoms with E-state index in [0.29, 0.717) is 24.7 Å². The maximum atomic E-state index is 12.9. The lowest BCUT2D eigenvalue weighted by Crippen LogP contribution is -2.38. The van der Waals surface area contributed by atoms with Crippen molar-refractivity contribution in [1.29, 1.82) is 0 Å². The Labute approximate surface area is 126 Å². The topological polar surface area (TPSA) is 0 Å². The summed E-state index contributed by atoms with van der Waals surface area (Å²) < 4.78 is 38.7. The maximum absolute atomic E-state index is 12.9. The molecule has 4 atom stereocenters. The third-order valence-corrected chi connectivity index (χ3v) is 6.84. The molecular formula is C18H29F3. The first-order valence-corrected chi connectivity index (χ1v) is 9.00. The van der Waals surface area contributed by atoms with Crippen molar-refractivity contribution >= 4 is 0 Å². The molecule has 0 aliphatic heterocycles. The van der Waals surface area contributed by atoms with Gasteiger partial charge in [0.1, 0.15) is 0 Å². The summed E-state index contributed by atoms with van der Waals surface area (Å²) in [7, 11) is 0. The number of hydrogen-bond donors (Lipinski definition) is 0. The Morgan fingerprint density at radius 3 is 1.71 bits per heavy atom. The predicted molar refractivity (Wildman–Crippen MR) is 78.8 cm³/mol. The Morgan fingerprint density at radius 1 is 0.619 bits per heavy atom. The van der Waals surface area contributed by atoms with Crippen LogP contribution >= 0.6 is 0 Å². The number of halogens is 3. The fraction of sp³-hybridized carbons (Fsp3) is 1.00. The molecule has 0 radical (unpaired) electrons. The molecule has 3 heteroatoms. The highest BCUT2D eigenvalue weighted by Crippen LogP contribution is 2.51. The third-order valence-electron chi connectivity index (χ3n) is 6.84. The SMILES string of the molecule is CC1CCC(C2CCC3CC(C(F)(F)F)CCC3C2)CC1. The van der Waals surface area contributed by atoms with Gasteiger partial charge < -0.3 is 0 Å². The van der Waals surface area contributed by atoms with Crippen molar-refractivity contribution in [2.75, 3.05) is 0 Å². The first-order valence-electron chi connectivity index (χ1n) is 9.00. The van der Waals surface area contributed by atoms with Gasteiger partial charge in [0.25, 0.3) is 0 Å². The van der Waals surface area contributed by atoms with Gasteiger partial charge in [-0.25, -0.2) is 0 Å². The molecule has 3 aliphatic carbocycles. The lowest BCUT2D eigenvalue weighted by molar-refractivity contribution is -0.191. The first-order chi connectivity index (χ1) is 9.93. The number of fused-ring (bicyclic) bond motifs is 1. The quantitative estimate of drug-likeness (QED) is 0.540. The standard InChI is InChI=1S/C18H29F3/c1-12-2-4-13(5-3-12)14-6-7-16-11-17(18(19,20)21)9-8-15(16)10-14/h12-17H,2-11H2,1H3. The van der Waals surface area contributed by atoms with Crippen molar-refractivity contribution in [2.45, 2.75) is 77.3 Å².